The first-order valence-electron chi connectivity index (χ1n) is 2.82. The fourth-order valence-corrected chi connectivity index (χ4v) is 1.14. The monoisotopic (exact) mass is 141 g/mol. The zero-order valence-electron chi connectivity index (χ0n) is 5.08. The average molecular weight is 141 g/mol. The molecule has 1 rings (SSSR count). The molecule has 0 bridgehead atoms. The second kappa shape index (κ2) is 3.58. The molecule has 0 amide bonds. The Bertz CT molecular complexity index is 148. The van der Waals surface area contributed by atoms with Gasteiger partial charge in [0.05, 0.1) is 11.2 Å². The van der Waals surface area contributed by atoms with Crippen LogP contribution in [-0.4, -0.2) is 11.5 Å². The Morgan fingerprint density at radius 2 is 2.67 bits per heavy atom. The van der Waals surface area contributed by atoms with Gasteiger partial charge in [0.1, 0.15) is 0 Å². The van der Waals surface area contributed by atoms with Crippen molar-refractivity contribution in [2.75, 3.05) is 6.54 Å². The van der Waals surface area contributed by atoms with E-state index in [-0.39, 0.29) is 0 Å². The summed E-state index contributed by atoms with van der Waals surface area (Å²) in [4.78, 5) is 4.09. The van der Waals surface area contributed by atoms with E-state index >= 15 is 0 Å². The highest BCUT2D eigenvalue weighted by atomic mass is 32.1. The lowest BCUT2D eigenvalue weighted by molar-refractivity contribution is 0.998. The molecule has 2 nitrogen and oxygen atoms in total. The number of nitrogens with two attached hydrogens (primary N) is 1. The Balaban J connectivity index is 2.30. The Kier molecular flexibility index (Phi) is 2.67. The van der Waals surface area contributed by atoms with Gasteiger partial charge in [-0.15, -0.1) is 11.3 Å². The van der Waals surface area contributed by atoms with Gasteiger partial charge < -0.3 is 5.73 Å². The largest absolute Gasteiger partial charge is 0.330 e. The molecular weight excluding hydrogens is 132 g/mol. The fourth-order valence-electron chi connectivity index (χ4n) is 0.570. The lowest BCUT2D eigenvalue weighted by atomic mass is 10.3. The zero-order valence-corrected chi connectivity index (χ0v) is 5.90. The topological polar surface area (TPSA) is 38.9 Å². The molecule has 0 fully saturated rings. The van der Waals surface area contributed by atoms with Crippen molar-refractivity contribution < 1.29 is 0 Å². The van der Waals surface area contributed by atoms with Crippen molar-refractivity contribution in [1.82, 2.24) is 4.98 Å². The molecule has 9 heavy (non-hydrogen) atoms. The van der Waals surface area contributed by atoms with E-state index in [1.54, 1.807) is 11.3 Å². The predicted octanol–water partition coefficient (Wildman–Crippen LogP) is 0.849. The average Bonchev–Trinajstić information content (AvgIpc) is 2.34. The van der Waals surface area contributed by atoms with Crippen LogP contribution in [0.25, 0.3) is 0 Å². The number of thiazole rings is 1. The first kappa shape index (κ1) is 6.71. The normalized spacial score (nSPS) is 9.89. The highest BCUT2D eigenvalue weighted by Gasteiger charge is 1.91. The summed E-state index contributed by atoms with van der Waals surface area (Å²) in [5.74, 6) is 0. The van der Waals surface area contributed by atoms with Gasteiger partial charge in [0.2, 0.25) is 0 Å². The van der Waals surface area contributed by atoms with Gasteiger partial charge in [-0.25, -0.2) is 4.98 Å². The summed E-state index contributed by atoms with van der Waals surface area (Å²) in [7, 11) is 0. The van der Waals surface area contributed by atoms with Crippen molar-refractivity contribution in [2.24, 2.45) is 5.73 Å². The lowest BCUT2D eigenvalue weighted by Gasteiger charge is -1.89. The molecular formula is C6H9N2S. The molecule has 49 valence electrons. The third-order valence-corrected chi connectivity index (χ3v) is 1.64. The summed E-state index contributed by atoms with van der Waals surface area (Å²) in [6, 6.07) is 0. The quantitative estimate of drug-likeness (QED) is 0.677. The van der Waals surface area contributed by atoms with E-state index in [4.69, 9.17) is 5.73 Å². The summed E-state index contributed by atoms with van der Waals surface area (Å²) in [6.07, 6.45) is 2.91. The maximum absolute atomic E-state index is 5.27. The number of nitrogens with zero attached hydrogens (tertiary/aromatic N) is 1. The van der Waals surface area contributed by atoms with E-state index < -0.39 is 0 Å². The molecule has 0 unspecified atom stereocenters. The predicted molar refractivity (Wildman–Crippen MR) is 39.2 cm³/mol. The smallest absolute Gasteiger partial charge is 0.0794 e. The summed E-state index contributed by atoms with van der Waals surface area (Å²) >= 11 is 1.62. The van der Waals surface area contributed by atoms with Gasteiger partial charge in [-0.3, -0.25) is 0 Å². The minimum absolute atomic E-state index is 0.636. The Morgan fingerprint density at radius 1 is 1.78 bits per heavy atom. The van der Waals surface area contributed by atoms with E-state index in [0.29, 0.717) is 6.54 Å². The fraction of sp³-hybridized carbons (Fsp3) is 0.333. The van der Waals surface area contributed by atoms with Crippen LogP contribution in [-0.2, 0) is 6.42 Å². The van der Waals surface area contributed by atoms with Crippen LogP contribution >= 0.6 is 11.3 Å². The summed E-state index contributed by atoms with van der Waals surface area (Å²) in [6.45, 7) is 0.636. The third kappa shape index (κ3) is 2.11. The molecule has 1 aromatic rings. The minimum atomic E-state index is 0.636. The number of aromatic nitrogens is 1. The van der Waals surface area contributed by atoms with Crippen LogP contribution in [0.2, 0.25) is 0 Å². The third-order valence-electron chi connectivity index (χ3n) is 1.00. The van der Waals surface area contributed by atoms with Gasteiger partial charge >= 0.3 is 0 Å². The van der Waals surface area contributed by atoms with Gasteiger partial charge in [0.15, 0.2) is 0 Å². The summed E-state index contributed by atoms with van der Waals surface area (Å²) in [5, 5.41) is 2.03. The SMILES string of the molecule is NC[CH]Cc1cscn1. The highest BCUT2D eigenvalue weighted by Crippen LogP contribution is 2.01. The molecule has 0 saturated carbocycles. The van der Waals surface area contributed by atoms with Crippen molar-refractivity contribution in [2.45, 2.75) is 6.42 Å². The minimum Gasteiger partial charge on any atom is -0.330 e. The molecule has 0 spiro atoms. The summed E-state index contributed by atoms with van der Waals surface area (Å²) < 4.78 is 0. The van der Waals surface area contributed by atoms with Crippen LogP contribution in [0, 0.1) is 6.42 Å². The maximum atomic E-state index is 5.27. The van der Waals surface area contributed by atoms with Gasteiger partial charge in [0, 0.05) is 5.38 Å². The molecule has 0 aliphatic heterocycles. The molecule has 0 aliphatic rings. The molecule has 2 N–H and O–H groups in total. The molecule has 3 heteroatoms. The van der Waals surface area contributed by atoms with E-state index in [9.17, 15) is 0 Å². The van der Waals surface area contributed by atoms with Crippen LogP contribution in [0.3, 0.4) is 0 Å². The first-order chi connectivity index (χ1) is 4.43. The number of hydrogen-bond donors (Lipinski definition) is 1. The lowest BCUT2D eigenvalue weighted by Crippen LogP contribution is -2.01. The van der Waals surface area contributed by atoms with Crippen molar-refractivity contribution in [3.63, 3.8) is 0 Å². The van der Waals surface area contributed by atoms with Gasteiger partial charge in [0.25, 0.3) is 0 Å². The maximum Gasteiger partial charge on any atom is 0.0794 e. The van der Waals surface area contributed by atoms with Crippen molar-refractivity contribution in [3.8, 4) is 0 Å². The molecule has 0 aromatic carbocycles. The van der Waals surface area contributed by atoms with Crippen molar-refractivity contribution in [1.29, 1.82) is 0 Å². The molecule has 0 saturated heterocycles. The Labute approximate surface area is 58.7 Å². The van der Waals surface area contributed by atoms with Crippen molar-refractivity contribution >= 4 is 11.3 Å². The Morgan fingerprint density at radius 3 is 3.22 bits per heavy atom. The van der Waals surface area contributed by atoms with Crippen LogP contribution in [0.5, 0.6) is 0 Å². The highest BCUT2D eigenvalue weighted by molar-refractivity contribution is 7.07. The van der Waals surface area contributed by atoms with Crippen LogP contribution in [0.4, 0.5) is 0 Å². The summed E-state index contributed by atoms with van der Waals surface area (Å²) in [5.41, 5.74) is 8.21. The van der Waals surface area contributed by atoms with Gasteiger partial charge in [-0.1, -0.05) is 0 Å². The van der Waals surface area contributed by atoms with Crippen molar-refractivity contribution in [3.05, 3.63) is 23.0 Å². The number of rotatable bonds is 3. The van der Waals surface area contributed by atoms with E-state index in [1.165, 1.54) is 0 Å². The van der Waals surface area contributed by atoms with Crippen LogP contribution < -0.4 is 5.73 Å². The van der Waals surface area contributed by atoms with E-state index in [1.807, 2.05) is 17.3 Å². The Hall–Kier alpha value is -0.410. The van der Waals surface area contributed by atoms with Crippen LogP contribution in [0.1, 0.15) is 5.69 Å². The second-order valence-corrected chi connectivity index (χ2v) is 2.43. The van der Waals surface area contributed by atoms with Crippen LogP contribution in [0.15, 0.2) is 10.9 Å². The molecule has 1 aromatic heterocycles. The van der Waals surface area contributed by atoms with Gasteiger partial charge in [-0.2, -0.15) is 0 Å². The van der Waals surface area contributed by atoms with Gasteiger partial charge in [-0.05, 0) is 19.4 Å². The van der Waals surface area contributed by atoms with E-state index in [2.05, 4.69) is 4.98 Å². The molecule has 0 aliphatic carbocycles. The van der Waals surface area contributed by atoms with E-state index in [0.717, 1.165) is 12.1 Å². The first-order valence-corrected chi connectivity index (χ1v) is 3.76. The standard InChI is InChI=1S/C6H9N2S/c7-3-1-2-6-4-9-5-8-6/h1,4-5H,2-3,7H2. The second-order valence-electron chi connectivity index (χ2n) is 1.71. The zero-order chi connectivity index (χ0) is 6.53. The molecule has 0 atom stereocenters. The number of hydrogen-bond acceptors (Lipinski definition) is 3. The molecule has 1 heterocycles. The molecule has 1 radical (unpaired) electrons.